The molecule has 2 amide bonds. The highest BCUT2D eigenvalue weighted by molar-refractivity contribution is 5.79. The van der Waals surface area contributed by atoms with Crippen LogP contribution in [0, 0.1) is 13.8 Å². The highest BCUT2D eigenvalue weighted by atomic mass is 16.5. The van der Waals surface area contributed by atoms with Crippen molar-refractivity contribution >= 4 is 11.8 Å². The summed E-state index contributed by atoms with van der Waals surface area (Å²) >= 11 is 0. The number of hydrogen-bond acceptors (Lipinski definition) is 4. The molecule has 0 bridgehead atoms. The Balaban J connectivity index is 1.99. The van der Waals surface area contributed by atoms with Crippen molar-refractivity contribution < 1.29 is 14.1 Å². The SMILES string of the molecule is CC(=O)N[C@@H](CC(=O)NCc1c(C)noc1C)c1ccccc1. The minimum absolute atomic E-state index is 0.146. The molecule has 0 aliphatic carbocycles. The van der Waals surface area contributed by atoms with Crippen molar-refractivity contribution in [2.75, 3.05) is 0 Å². The van der Waals surface area contributed by atoms with Gasteiger partial charge in [0.25, 0.3) is 0 Å². The molecule has 23 heavy (non-hydrogen) atoms. The number of benzene rings is 1. The van der Waals surface area contributed by atoms with Crippen LogP contribution in [-0.2, 0) is 16.1 Å². The van der Waals surface area contributed by atoms with Gasteiger partial charge in [-0.05, 0) is 19.4 Å². The van der Waals surface area contributed by atoms with Gasteiger partial charge < -0.3 is 15.2 Å². The molecule has 6 nitrogen and oxygen atoms in total. The van der Waals surface area contributed by atoms with E-state index < -0.39 is 0 Å². The van der Waals surface area contributed by atoms with Crippen LogP contribution in [0.3, 0.4) is 0 Å². The summed E-state index contributed by atoms with van der Waals surface area (Å²) < 4.78 is 5.07. The molecule has 2 N–H and O–H groups in total. The van der Waals surface area contributed by atoms with E-state index in [1.165, 1.54) is 6.92 Å². The predicted molar refractivity (Wildman–Crippen MR) is 85.4 cm³/mol. The van der Waals surface area contributed by atoms with Gasteiger partial charge in [0.05, 0.1) is 18.2 Å². The van der Waals surface area contributed by atoms with Crippen molar-refractivity contribution in [2.24, 2.45) is 0 Å². The molecular weight excluding hydrogens is 294 g/mol. The van der Waals surface area contributed by atoms with Crippen LogP contribution in [-0.4, -0.2) is 17.0 Å². The summed E-state index contributed by atoms with van der Waals surface area (Å²) in [6.45, 7) is 5.45. The van der Waals surface area contributed by atoms with E-state index >= 15 is 0 Å². The second-order valence-electron chi connectivity index (χ2n) is 5.45. The molecule has 122 valence electrons. The van der Waals surface area contributed by atoms with E-state index in [-0.39, 0.29) is 24.3 Å². The molecule has 0 radical (unpaired) electrons. The Hall–Kier alpha value is -2.63. The largest absolute Gasteiger partial charge is 0.361 e. The zero-order valence-corrected chi connectivity index (χ0v) is 13.6. The molecule has 0 spiro atoms. The lowest BCUT2D eigenvalue weighted by Gasteiger charge is -2.18. The van der Waals surface area contributed by atoms with Gasteiger partial charge in [-0.15, -0.1) is 0 Å². The molecule has 2 rings (SSSR count). The summed E-state index contributed by atoms with van der Waals surface area (Å²) in [5.74, 6) is 0.384. The number of nitrogens with zero attached hydrogens (tertiary/aromatic N) is 1. The van der Waals surface area contributed by atoms with Crippen molar-refractivity contribution in [3.05, 3.63) is 52.9 Å². The smallest absolute Gasteiger partial charge is 0.222 e. The zero-order valence-electron chi connectivity index (χ0n) is 13.6. The van der Waals surface area contributed by atoms with Gasteiger partial charge in [0, 0.05) is 19.0 Å². The maximum atomic E-state index is 12.2. The molecule has 0 saturated carbocycles. The summed E-state index contributed by atoms with van der Waals surface area (Å²) in [5, 5.41) is 9.52. The van der Waals surface area contributed by atoms with Crippen molar-refractivity contribution in [3.8, 4) is 0 Å². The third-order valence-corrected chi connectivity index (χ3v) is 3.61. The molecular formula is C17H21N3O3. The van der Waals surface area contributed by atoms with E-state index in [0.717, 1.165) is 16.8 Å². The molecule has 2 aromatic rings. The quantitative estimate of drug-likeness (QED) is 0.855. The van der Waals surface area contributed by atoms with Gasteiger partial charge in [-0.1, -0.05) is 35.5 Å². The number of aromatic nitrogens is 1. The van der Waals surface area contributed by atoms with E-state index in [0.29, 0.717) is 12.3 Å². The maximum absolute atomic E-state index is 12.2. The van der Waals surface area contributed by atoms with Crippen LogP contribution in [0.5, 0.6) is 0 Å². The first-order chi connectivity index (χ1) is 11.0. The van der Waals surface area contributed by atoms with Gasteiger partial charge in [0.15, 0.2) is 0 Å². The Bertz CT molecular complexity index is 660. The molecule has 6 heteroatoms. The molecule has 0 aliphatic rings. The second kappa shape index (κ2) is 7.58. The molecule has 0 fully saturated rings. The molecule has 1 aromatic heterocycles. The Morgan fingerprint density at radius 2 is 1.91 bits per heavy atom. The fourth-order valence-electron chi connectivity index (χ4n) is 2.38. The number of carbonyl (C=O) groups is 2. The van der Waals surface area contributed by atoms with Gasteiger partial charge in [0.1, 0.15) is 5.76 Å². The fourth-order valence-corrected chi connectivity index (χ4v) is 2.38. The van der Waals surface area contributed by atoms with Crippen LogP contribution < -0.4 is 10.6 Å². The van der Waals surface area contributed by atoms with Crippen LogP contribution in [0.4, 0.5) is 0 Å². The predicted octanol–water partition coefficient (Wildman–Crippen LogP) is 2.18. The van der Waals surface area contributed by atoms with Crippen LogP contribution in [0.1, 0.15) is 42.0 Å². The Labute approximate surface area is 135 Å². The van der Waals surface area contributed by atoms with Crippen LogP contribution in [0.15, 0.2) is 34.9 Å². The van der Waals surface area contributed by atoms with Gasteiger partial charge >= 0.3 is 0 Å². The standard InChI is InChI=1S/C17H21N3O3/c1-11-15(12(2)23-20-11)10-18-17(22)9-16(19-13(3)21)14-7-5-4-6-8-14/h4-8,16H,9-10H2,1-3H3,(H,18,22)(H,19,21)/t16-/m0/s1. The number of hydrogen-bond donors (Lipinski definition) is 2. The maximum Gasteiger partial charge on any atom is 0.222 e. The lowest BCUT2D eigenvalue weighted by atomic mass is 10.0. The summed E-state index contributed by atoms with van der Waals surface area (Å²) in [6.07, 6.45) is 0.174. The molecule has 0 saturated heterocycles. The van der Waals surface area contributed by atoms with Crippen LogP contribution in [0.25, 0.3) is 0 Å². The average molecular weight is 315 g/mol. The van der Waals surface area contributed by atoms with Gasteiger partial charge in [-0.3, -0.25) is 9.59 Å². The molecule has 1 heterocycles. The summed E-state index contributed by atoms with van der Waals surface area (Å²) in [4.78, 5) is 23.6. The topological polar surface area (TPSA) is 84.2 Å². The van der Waals surface area contributed by atoms with E-state index in [9.17, 15) is 9.59 Å². The van der Waals surface area contributed by atoms with Gasteiger partial charge in [0.2, 0.25) is 11.8 Å². The van der Waals surface area contributed by atoms with Gasteiger partial charge in [-0.2, -0.15) is 0 Å². The van der Waals surface area contributed by atoms with Crippen molar-refractivity contribution in [1.29, 1.82) is 0 Å². The minimum Gasteiger partial charge on any atom is -0.361 e. The Morgan fingerprint density at radius 1 is 1.22 bits per heavy atom. The average Bonchev–Trinajstić information content (AvgIpc) is 2.84. The highest BCUT2D eigenvalue weighted by Gasteiger charge is 2.17. The Morgan fingerprint density at radius 3 is 2.48 bits per heavy atom. The van der Waals surface area contributed by atoms with E-state index in [1.807, 2.05) is 44.2 Å². The number of rotatable bonds is 6. The fraction of sp³-hybridized carbons (Fsp3) is 0.353. The normalized spacial score (nSPS) is 11.8. The zero-order chi connectivity index (χ0) is 16.8. The number of carbonyl (C=O) groups excluding carboxylic acids is 2. The third-order valence-electron chi connectivity index (χ3n) is 3.61. The molecule has 0 unspecified atom stereocenters. The summed E-state index contributed by atoms with van der Waals surface area (Å²) in [6, 6.07) is 9.09. The number of amides is 2. The monoisotopic (exact) mass is 315 g/mol. The molecule has 1 atom stereocenters. The third kappa shape index (κ3) is 4.67. The van der Waals surface area contributed by atoms with E-state index in [1.54, 1.807) is 0 Å². The number of nitrogens with one attached hydrogen (secondary N) is 2. The van der Waals surface area contributed by atoms with Crippen LogP contribution in [0.2, 0.25) is 0 Å². The first-order valence-corrected chi connectivity index (χ1v) is 7.48. The second-order valence-corrected chi connectivity index (χ2v) is 5.45. The van der Waals surface area contributed by atoms with Gasteiger partial charge in [-0.25, -0.2) is 0 Å². The van der Waals surface area contributed by atoms with E-state index in [4.69, 9.17) is 4.52 Å². The van der Waals surface area contributed by atoms with Crippen LogP contribution >= 0.6 is 0 Å². The van der Waals surface area contributed by atoms with Crippen molar-refractivity contribution in [3.63, 3.8) is 0 Å². The lowest BCUT2D eigenvalue weighted by Crippen LogP contribution is -2.32. The summed E-state index contributed by atoms with van der Waals surface area (Å²) in [5.41, 5.74) is 2.55. The summed E-state index contributed by atoms with van der Waals surface area (Å²) in [7, 11) is 0. The van der Waals surface area contributed by atoms with E-state index in [2.05, 4.69) is 15.8 Å². The first kappa shape index (κ1) is 16.7. The lowest BCUT2D eigenvalue weighted by molar-refractivity contribution is -0.122. The number of aryl methyl sites for hydroxylation is 2. The molecule has 0 aliphatic heterocycles. The van der Waals surface area contributed by atoms with Crippen molar-refractivity contribution in [2.45, 2.75) is 39.8 Å². The van der Waals surface area contributed by atoms with Crippen molar-refractivity contribution in [1.82, 2.24) is 15.8 Å². The Kier molecular flexibility index (Phi) is 5.51. The minimum atomic E-state index is -0.349. The highest BCUT2D eigenvalue weighted by Crippen LogP contribution is 2.17. The first-order valence-electron chi connectivity index (χ1n) is 7.48. The molecule has 1 aromatic carbocycles.